The van der Waals surface area contributed by atoms with Gasteiger partial charge in [-0.2, -0.15) is 0 Å². The Hall–Kier alpha value is -2.72. The Labute approximate surface area is 191 Å². The van der Waals surface area contributed by atoms with Gasteiger partial charge in [0.25, 0.3) is 0 Å². The lowest BCUT2D eigenvalue weighted by Crippen LogP contribution is -2.39. The van der Waals surface area contributed by atoms with Crippen molar-refractivity contribution < 1.29 is 27.4 Å². The standard InChI is InChI=1S/C22H24N2O6S2/c1-28-16-8-9-18(20(10-16)29-2)24-19-14-32(26,27)13-17(19)23-22(24)31-12-21(25)30-11-15-6-4-3-5-7-15/h3-10,17,19H,11-14H2,1-2H3/t17-,19+/m1/s1. The number of fused-ring (bicyclic) bond motifs is 1. The molecule has 1 fully saturated rings. The normalized spacial score (nSPS) is 21.1. The highest BCUT2D eigenvalue weighted by molar-refractivity contribution is 8.14. The van der Waals surface area contributed by atoms with E-state index in [0.717, 1.165) is 5.56 Å². The highest BCUT2D eigenvalue weighted by Crippen LogP contribution is 2.40. The Morgan fingerprint density at radius 1 is 1.12 bits per heavy atom. The molecule has 2 atom stereocenters. The van der Waals surface area contributed by atoms with Crippen LogP contribution in [0.5, 0.6) is 11.5 Å². The largest absolute Gasteiger partial charge is 0.497 e. The van der Waals surface area contributed by atoms with Crippen LogP contribution in [0.4, 0.5) is 5.69 Å². The average Bonchev–Trinajstić information content (AvgIpc) is 3.27. The van der Waals surface area contributed by atoms with E-state index in [9.17, 15) is 13.2 Å². The number of thioether (sulfide) groups is 1. The molecule has 2 aliphatic heterocycles. The van der Waals surface area contributed by atoms with E-state index in [4.69, 9.17) is 14.2 Å². The molecule has 2 aromatic carbocycles. The molecule has 2 heterocycles. The first-order chi connectivity index (χ1) is 15.4. The van der Waals surface area contributed by atoms with E-state index in [2.05, 4.69) is 4.99 Å². The lowest BCUT2D eigenvalue weighted by Gasteiger charge is -2.28. The number of aliphatic imine (C=N–C) groups is 1. The predicted octanol–water partition coefficient (Wildman–Crippen LogP) is 2.52. The van der Waals surface area contributed by atoms with Crippen molar-refractivity contribution in [2.45, 2.75) is 18.7 Å². The topological polar surface area (TPSA) is 94.5 Å². The summed E-state index contributed by atoms with van der Waals surface area (Å²) in [5.74, 6) is 0.846. The summed E-state index contributed by atoms with van der Waals surface area (Å²) in [7, 11) is -0.0810. The van der Waals surface area contributed by atoms with Crippen molar-refractivity contribution in [2.24, 2.45) is 4.99 Å². The lowest BCUT2D eigenvalue weighted by atomic mass is 10.1. The summed E-state index contributed by atoms with van der Waals surface area (Å²) < 4.78 is 40.6. The highest BCUT2D eigenvalue weighted by Gasteiger charge is 2.47. The lowest BCUT2D eigenvalue weighted by molar-refractivity contribution is -0.141. The van der Waals surface area contributed by atoms with Gasteiger partial charge in [0.2, 0.25) is 0 Å². The van der Waals surface area contributed by atoms with E-state index in [-0.39, 0.29) is 41.9 Å². The van der Waals surface area contributed by atoms with Gasteiger partial charge in [-0.1, -0.05) is 42.1 Å². The van der Waals surface area contributed by atoms with E-state index >= 15 is 0 Å². The molecular weight excluding hydrogens is 452 g/mol. The second-order valence-electron chi connectivity index (χ2n) is 7.47. The van der Waals surface area contributed by atoms with E-state index in [1.807, 2.05) is 41.3 Å². The molecule has 0 amide bonds. The third-order valence-corrected chi connectivity index (χ3v) is 7.95. The number of nitrogens with zero attached hydrogens (tertiary/aromatic N) is 2. The summed E-state index contributed by atoms with van der Waals surface area (Å²) in [4.78, 5) is 18.8. The van der Waals surface area contributed by atoms with Crippen molar-refractivity contribution in [3.05, 3.63) is 54.1 Å². The number of esters is 1. The molecule has 32 heavy (non-hydrogen) atoms. The van der Waals surface area contributed by atoms with Crippen molar-refractivity contribution in [1.82, 2.24) is 0 Å². The number of hydrogen-bond donors (Lipinski definition) is 0. The summed E-state index contributed by atoms with van der Waals surface area (Å²) >= 11 is 1.24. The van der Waals surface area contributed by atoms with Gasteiger partial charge in [0.05, 0.1) is 49.2 Å². The van der Waals surface area contributed by atoms with Crippen LogP contribution in [0, 0.1) is 0 Å². The van der Waals surface area contributed by atoms with E-state index < -0.39 is 9.84 Å². The third kappa shape index (κ3) is 4.86. The maximum Gasteiger partial charge on any atom is 0.316 e. The van der Waals surface area contributed by atoms with Crippen LogP contribution in [0.1, 0.15) is 5.56 Å². The number of amidine groups is 1. The first kappa shape index (κ1) is 22.5. The Balaban J connectivity index is 1.51. The quantitative estimate of drug-likeness (QED) is 0.563. The fourth-order valence-electron chi connectivity index (χ4n) is 3.80. The van der Waals surface area contributed by atoms with Gasteiger partial charge in [-0.25, -0.2) is 8.42 Å². The summed E-state index contributed by atoms with van der Waals surface area (Å²) in [6.07, 6.45) is 0. The van der Waals surface area contributed by atoms with Gasteiger partial charge in [-0.05, 0) is 17.7 Å². The molecule has 0 radical (unpaired) electrons. The number of sulfone groups is 1. The second-order valence-corrected chi connectivity index (χ2v) is 10.6. The Morgan fingerprint density at radius 3 is 2.62 bits per heavy atom. The third-order valence-electron chi connectivity index (χ3n) is 5.32. The molecule has 4 rings (SSSR count). The van der Waals surface area contributed by atoms with Gasteiger partial charge in [-0.15, -0.1) is 0 Å². The van der Waals surface area contributed by atoms with Crippen molar-refractivity contribution in [3.63, 3.8) is 0 Å². The molecule has 0 aromatic heterocycles. The summed E-state index contributed by atoms with van der Waals surface area (Å²) in [6.45, 7) is 0.201. The van der Waals surface area contributed by atoms with Crippen molar-refractivity contribution in [3.8, 4) is 11.5 Å². The molecule has 0 bridgehead atoms. The van der Waals surface area contributed by atoms with Crippen LogP contribution in [-0.2, 0) is 26.0 Å². The van der Waals surface area contributed by atoms with Crippen molar-refractivity contribution in [2.75, 3.05) is 36.4 Å². The molecule has 8 nitrogen and oxygen atoms in total. The summed E-state index contributed by atoms with van der Waals surface area (Å²) in [5.41, 5.74) is 1.59. The molecular formula is C22H24N2O6S2. The van der Waals surface area contributed by atoms with Gasteiger partial charge in [0.1, 0.15) is 18.1 Å². The molecule has 10 heteroatoms. The van der Waals surface area contributed by atoms with Crippen LogP contribution < -0.4 is 14.4 Å². The number of hydrogen-bond acceptors (Lipinski definition) is 9. The first-order valence-corrected chi connectivity index (χ1v) is 12.8. The van der Waals surface area contributed by atoms with Gasteiger partial charge >= 0.3 is 5.97 Å². The molecule has 0 N–H and O–H groups in total. The fourth-order valence-corrected chi connectivity index (χ4v) is 6.56. The molecule has 0 aliphatic carbocycles. The van der Waals surface area contributed by atoms with Crippen LogP contribution in [0.25, 0.3) is 0 Å². The summed E-state index contributed by atoms with van der Waals surface area (Å²) in [5, 5.41) is 0.579. The number of rotatable bonds is 7. The van der Waals surface area contributed by atoms with Gasteiger partial charge in [0.15, 0.2) is 15.0 Å². The number of benzene rings is 2. The van der Waals surface area contributed by atoms with Gasteiger partial charge in [0, 0.05) is 6.07 Å². The number of carbonyl (C=O) groups is 1. The minimum absolute atomic E-state index is 0.00113. The van der Waals surface area contributed by atoms with E-state index in [1.54, 1.807) is 26.4 Å². The fraction of sp³-hybridized carbons (Fsp3) is 0.364. The summed E-state index contributed by atoms with van der Waals surface area (Å²) in [6, 6.07) is 14.1. The van der Waals surface area contributed by atoms with Gasteiger partial charge in [-0.3, -0.25) is 9.79 Å². The van der Waals surface area contributed by atoms with Crippen LogP contribution in [0.3, 0.4) is 0 Å². The minimum atomic E-state index is -3.19. The number of ether oxygens (including phenoxy) is 3. The molecule has 170 valence electrons. The zero-order valence-corrected chi connectivity index (χ0v) is 19.4. The zero-order chi connectivity index (χ0) is 22.7. The maximum atomic E-state index is 12.3. The number of methoxy groups -OCH3 is 2. The maximum absolute atomic E-state index is 12.3. The molecule has 1 saturated heterocycles. The number of carbonyl (C=O) groups excluding carboxylic acids is 1. The average molecular weight is 477 g/mol. The Kier molecular flexibility index (Phi) is 6.61. The highest BCUT2D eigenvalue weighted by atomic mass is 32.2. The van der Waals surface area contributed by atoms with Crippen LogP contribution in [0.15, 0.2) is 53.5 Å². The Morgan fingerprint density at radius 2 is 1.91 bits per heavy atom. The van der Waals surface area contributed by atoms with Crippen molar-refractivity contribution in [1.29, 1.82) is 0 Å². The smallest absolute Gasteiger partial charge is 0.316 e. The van der Waals surface area contributed by atoms with Gasteiger partial charge < -0.3 is 19.1 Å². The zero-order valence-electron chi connectivity index (χ0n) is 17.8. The van der Waals surface area contributed by atoms with Crippen LogP contribution in [-0.4, -0.2) is 63.1 Å². The second kappa shape index (κ2) is 9.41. The predicted molar refractivity (Wildman–Crippen MR) is 124 cm³/mol. The number of anilines is 1. The molecule has 0 spiro atoms. The Bertz CT molecular complexity index is 1120. The first-order valence-electron chi connectivity index (χ1n) is 10.0. The molecule has 2 aliphatic rings. The van der Waals surface area contributed by atoms with Crippen molar-refractivity contribution >= 4 is 38.4 Å². The SMILES string of the molecule is COc1ccc(N2C(SCC(=O)OCc3ccccc3)=N[C@@H]3CS(=O)(=O)C[C@@H]32)c(OC)c1. The molecule has 0 saturated carbocycles. The van der Waals surface area contributed by atoms with Crippen LogP contribution in [0.2, 0.25) is 0 Å². The molecule has 2 aromatic rings. The van der Waals surface area contributed by atoms with Crippen LogP contribution >= 0.6 is 11.8 Å². The molecule has 0 unspecified atom stereocenters. The monoisotopic (exact) mass is 476 g/mol. The van der Waals surface area contributed by atoms with E-state index in [0.29, 0.717) is 22.4 Å². The minimum Gasteiger partial charge on any atom is -0.497 e. The van der Waals surface area contributed by atoms with E-state index in [1.165, 1.54) is 11.8 Å².